The molecule has 140 valence electrons. The maximum absolute atomic E-state index is 13.9. The molecule has 1 aliphatic heterocycles. The molecule has 2 aromatic rings. The molecule has 0 spiro atoms. The van der Waals surface area contributed by atoms with Crippen LogP contribution in [0.2, 0.25) is 0 Å². The van der Waals surface area contributed by atoms with Gasteiger partial charge in [0, 0.05) is 19.3 Å². The van der Waals surface area contributed by atoms with E-state index < -0.39 is 23.5 Å². The second-order valence-electron chi connectivity index (χ2n) is 6.45. The fourth-order valence-electron chi connectivity index (χ4n) is 3.38. The quantitative estimate of drug-likeness (QED) is 0.717. The fraction of sp³-hybridized carbons (Fsp3) is 0.389. The summed E-state index contributed by atoms with van der Waals surface area (Å²) in [7, 11) is 0. The third-order valence-electron chi connectivity index (χ3n) is 4.74. The van der Waals surface area contributed by atoms with Crippen LogP contribution in [0, 0.1) is 0 Å². The molecule has 0 bridgehead atoms. The number of benzene rings is 1. The van der Waals surface area contributed by atoms with E-state index in [0.717, 1.165) is 17.8 Å². The SMILES string of the molecule is FC(F)(F)c1cc(C2(C(F)(F)F)CCN(Cc3ccccc3)C2)ccn1. The smallest absolute Gasteiger partial charge is 0.298 e. The van der Waals surface area contributed by atoms with Gasteiger partial charge in [-0.2, -0.15) is 26.3 Å². The van der Waals surface area contributed by atoms with Gasteiger partial charge in [-0.3, -0.25) is 9.88 Å². The van der Waals surface area contributed by atoms with Gasteiger partial charge in [-0.1, -0.05) is 30.3 Å². The van der Waals surface area contributed by atoms with Crippen molar-refractivity contribution in [2.24, 2.45) is 0 Å². The highest BCUT2D eigenvalue weighted by Crippen LogP contribution is 2.48. The largest absolute Gasteiger partial charge is 0.433 e. The summed E-state index contributed by atoms with van der Waals surface area (Å²) >= 11 is 0. The van der Waals surface area contributed by atoms with Crippen LogP contribution in [0.1, 0.15) is 23.2 Å². The molecule has 3 rings (SSSR count). The number of likely N-dealkylation sites (tertiary alicyclic amines) is 1. The maximum Gasteiger partial charge on any atom is 0.433 e. The van der Waals surface area contributed by atoms with Crippen molar-refractivity contribution < 1.29 is 26.3 Å². The Hall–Kier alpha value is -2.09. The van der Waals surface area contributed by atoms with E-state index in [0.29, 0.717) is 12.6 Å². The molecule has 2 heterocycles. The zero-order valence-corrected chi connectivity index (χ0v) is 13.6. The van der Waals surface area contributed by atoms with Crippen molar-refractivity contribution in [3.63, 3.8) is 0 Å². The van der Waals surface area contributed by atoms with Crippen molar-refractivity contribution in [2.75, 3.05) is 13.1 Å². The molecule has 1 atom stereocenters. The first-order valence-electron chi connectivity index (χ1n) is 7.99. The molecule has 1 aromatic heterocycles. The minimum Gasteiger partial charge on any atom is -0.298 e. The minimum absolute atomic E-state index is 0.151. The second-order valence-corrected chi connectivity index (χ2v) is 6.45. The molecule has 1 unspecified atom stereocenters. The number of hydrogen-bond acceptors (Lipinski definition) is 2. The van der Waals surface area contributed by atoms with Gasteiger partial charge in [-0.15, -0.1) is 0 Å². The molecule has 0 saturated carbocycles. The Labute approximate surface area is 146 Å². The van der Waals surface area contributed by atoms with Crippen molar-refractivity contribution >= 4 is 0 Å². The van der Waals surface area contributed by atoms with E-state index in [1.54, 1.807) is 17.0 Å². The van der Waals surface area contributed by atoms with Gasteiger partial charge in [0.2, 0.25) is 0 Å². The van der Waals surface area contributed by atoms with Crippen molar-refractivity contribution in [3.8, 4) is 0 Å². The Morgan fingerprint density at radius 3 is 2.31 bits per heavy atom. The molecule has 1 aromatic carbocycles. The molecule has 1 saturated heterocycles. The Morgan fingerprint density at radius 1 is 1.00 bits per heavy atom. The highest BCUT2D eigenvalue weighted by atomic mass is 19.4. The highest BCUT2D eigenvalue weighted by molar-refractivity contribution is 5.32. The Balaban J connectivity index is 1.92. The van der Waals surface area contributed by atoms with Gasteiger partial charge < -0.3 is 0 Å². The Kier molecular flexibility index (Phi) is 4.72. The molecular formula is C18H16F6N2. The number of alkyl halides is 6. The highest BCUT2D eigenvalue weighted by Gasteiger charge is 2.59. The summed E-state index contributed by atoms with van der Waals surface area (Å²) in [5.41, 5.74) is -3.16. The van der Waals surface area contributed by atoms with E-state index in [1.807, 2.05) is 18.2 Å². The number of rotatable bonds is 3. The number of nitrogens with zero attached hydrogens (tertiary/aromatic N) is 2. The molecule has 1 fully saturated rings. The van der Waals surface area contributed by atoms with Crippen LogP contribution >= 0.6 is 0 Å². The zero-order valence-electron chi connectivity index (χ0n) is 13.6. The standard InChI is InChI=1S/C18H16F6N2/c19-17(20,21)15-10-14(6-8-25-15)16(18(22,23)24)7-9-26(12-16)11-13-4-2-1-3-5-13/h1-6,8,10H,7,9,11-12H2. The van der Waals surface area contributed by atoms with Crippen LogP contribution in [0.15, 0.2) is 48.7 Å². The van der Waals surface area contributed by atoms with Crippen LogP contribution in [0.25, 0.3) is 0 Å². The normalized spacial score (nSPS) is 21.9. The third kappa shape index (κ3) is 3.56. The van der Waals surface area contributed by atoms with E-state index in [9.17, 15) is 26.3 Å². The number of aromatic nitrogens is 1. The summed E-state index contributed by atoms with van der Waals surface area (Å²) in [6, 6.07) is 10.6. The molecule has 2 nitrogen and oxygen atoms in total. The average molecular weight is 374 g/mol. The summed E-state index contributed by atoms with van der Waals surface area (Å²) in [4.78, 5) is 4.80. The summed E-state index contributed by atoms with van der Waals surface area (Å²) in [6.45, 7) is 0.0840. The van der Waals surface area contributed by atoms with Gasteiger partial charge in [0.05, 0.1) is 0 Å². The number of halogens is 6. The fourth-order valence-corrected chi connectivity index (χ4v) is 3.38. The van der Waals surface area contributed by atoms with Gasteiger partial charge in [0.15, 0.2) is 0 Å². The van der Waals surface area contributed by atoms with Gasteiger partial charge in [0.1, 0.15) is 11.1 Å². The summed E-state index contributed by atoms with van der Waals surface area (Å²) in [6.07, 6.45) is -8.94. The van der Waals surface area contributed by atoms with Gasteiger partial charge in [0.25, 0.3) is 0 Å². The summed E-state index contributed by atoms with van der Waals surface area (Å²) in [5, 5.41) is 0. The van der Waals surface area contributed by atoms with E-state index in [-0.39, 0.29) is 25.1 Å². The van der Waals surface area contributed by atoms with E-state index in [4.69, 9.17) is 0 Å². The predicted octanol–water partition coefficient (Wildman–Crippen LogP) is 4.81. The lowest BCUT2D eigenvalue weighted by Crippen LogP contribution is -2.45. The van der Waals surface area contributed by atoms with Gasteiger partial charge in [-0.05, 0) is 36.2 Å². The lowest BCUT2D eigenvalue weighted by Gasteiger charge is -2.32. The zero-order chi connectivity index (χ0) is 19.0. The molecular weight excluding hydrogens is 358 g/mol. The van der Waals surface area contributed by atoms with Crippen LogP contribution < -0.4 is 0 Å². The van der Waals surface area contributed by atoms with E-state index in [1.165, 1.54) is 0 Å². The Bertz CT molecular complexity index is 756. The molecule has 26 heavy (non-hydrogen) atoms. The van der Waals surface area contributed by atoms with Crippen LogP contribution in [-0.4, -0.2) is 29.1 Å². The van der Waals surface area contributed by atoms with Gasteiger partial charge in [-0.25, -0.2) is 0 Å². The minimum atomic E-state index is -4.79. The molecule has 0 amide bonds. The molecule has 0 N–H and O–H groups in total. The van der Waals surface area contributed by atoms with Crippen LogP contribution in [0.5, 0.6) is 0 Å². The first-order chi connectivity index (χ1) is 12.1. The second kappa shape index (κ2) is 6.57. The molecule has 0 aliphatic carbocycles. The monoisotopic (exact) mass is 374 g/mol. The van der Waals surface area contributed by atoms with Crippen LogP contribution in [-0.2, 0) is 18.1 Å². The van der Waals surface area contributed by atoms with Crippen LogP contribution in [0.4, 0.5) is 26.3 Å². The first-order valence-corrected chi connectivity index (χ1v) is 7.99. The topological polar surface area (TPSA) is 16.1 Å². The predicted molar refractivity (Wildman–Crippen MR) is 83.3 cm³/mol. The average Bonchev–Trinajstić information content (AvgIpc) is 3.00. The molecule has 1 aliphatic rings. The van der Waals surface area contributed by atoms with E-state index >= 15 is 0 Å². The van der Waals surface area contributed by atoms with Crippen molar-refractivity contribution in [1.29, 1.82) is 0 Å². The summed E-state index contributed by atoms with van der Waals surface area (Å²) < 4.78 is 80.4. The van der Waals surface area contributed by atoms with Crippen molar-refractivity contribution in [1.82, 2.24) is 9.88 Å². The van der Waals surface area contributed by atoms with Crippen molar-refractivity contribution in [3.05, 3.63) is 65.5 Å². The lowest BCUT2D eigenvalue weighted by molar-refractivity contribution is -0.187. The van der Waals surface area contributed by atoms with Gasteiger partial charge >= 0.3 is 12.4 Å². The van der Waals surface area contributed by atoms with Crippen molar-refractivity contribution in [2.45, 2.75) is 30.7 Å². The number of pyridine rings is 1. The lowest BCUT2D eigenvalue weighted by atomic mass is 9.79. The first kappa shape index (κ1) is 18.7. The molecule has 0 radical (unpaired) electrons. The number of hydrogen-bond donors (Lipinski definition) is 0. The van der Waals surface area contributed by atoms with Crippen LogP contribution in [0.3, 0.4) is 0 Å². The Morgan fingerprint density at radius 2 is 1.69 bits per heavy atom. The van der Waals surface area contributed by atoms with E-state index in [2.05, 4.69) is 4.98 Å². The summed E-state index contributed by atoms with van der Waals surface area (Å²) in [5.74, 6) is 0. The third-order valence-corrected chi connectivity index (χ3v) is 4.74. The maximum atomic E-state index is 13.9. The molecule has 8 heteroatoms.